The van der Waals surface area contributed by atoms with E-state index in [9.17, 15) is 21.6 Å². The van der Waals surface area contributed by atoms with Gasteiger partial charge in [-0.15, -0.1) is 0 Å². The molecule has 0 aliphatic heterocycles. The van der Waals surface area contributed by atoms with Crippen LogP contribution in [-0.2, 0) is 9.84 Å². The van der Waals surface area contributed by atoms with Gasteiger partial charge in [-0.2, -0.15) is 18.2 Å². The Morgan fingerprint density at radius 1 is 1.23 bits per heavy atom. The normalized spacial score (nSPS) is 12.2. The van der Waals surface area contributed by atoms with Gasteiger partial charge in [-0.05, 0) is 39.7 Å². The van der Waals surface area contributed by atoms with Gasteiger partial charge in [-0.1, -0.05) is 12.1 Å². The number of anilines is 2. The fraction of sp³-hybridized carbons (Fsp3) is 0.0909. The average molecular weight is 417 g/mol. The Morgan fingerprint density at radius 3 is 2.50 bits per heavy atom. The summed E-state index contributed by atoms with van der Waals surface area (Å²) in [5.41, 5.74) is -5.69. The van der Waals surface area contributed by atoms with Crippen LogP contribution in [0.15, 0.2) is 39.8 Å². The molecule has 0 bridgehead atoms. The molecule has 0 atom stereocenters. The van der Waals surface area contributed by atoms with E-state index in [4.69, 9.17) is 11.6 Å². The molecule has 0 saturated heterocycles. The van der Waals surface area contributed by atoms with E-state index in [0.717, 1.165) is 6.07 Å². The van der Waals surface area contributed by atoms with Gasteiger partial charge in [0.1, 0.15) is 5.82 Å². The molecule has 22 heavy (non-hydrogen) atoms. The van der Waals surface area contributed by atoms with E-state index < -0.39 is 20.2 Å². The number of halogens is 5. The molecule has 0 unspecified atom stereocenters. The van der Waals surface area contributed by atoms with Gasteiger partial charge in [0.2, 0.25) is 5.28 Å². The van der Waals surface area contributed by atoms with Gasteiger partial charge in [0.05, 0.1) is 15.1 Å². The monoisotopic (exact) mass is 415 g/mol. The minimum absolute atomic E-state index is 0.0322. The number of rotatable bonds is 3. The van der Waals surface area contributed by atoms with Crippen molar-refractivity contribution in [3.05, 3.63) is 40.2 Å². The highest BCUT2D eigenvalue weighted by atomic mass is 79.9. The molecule has 0 spiro atoms. The van der Waals surface area contributed by atoms with Crippen LogP contribution in [0.3, 0.4) is 0 Å². The maximum absolute atomic E-state index is 12.7. The van der Waals surface area contributed by atoms with E-state index in [0.29, 0.717) is 4.47 Å². The minimum Gasteiger partial charge on any atom is -0.338 e. The summed E-state index contributed by atoms with van der Waals surface area (Å²) in [4.78, 5) is 6.52. The van der Waals surface area contributed by atoms with E-state index in [-0.39, 0.29) is 16.8 Å². The average Bonchev–Trinajstić information content (AvgIpc) is 2.42. The molecule has 0 radical (unpaired) electrons. The topological polar surface area (TPSA) is 72.0 Å². The predicted molar refractivity (Wildman–Crippen MR) is 77.7 cm³/mol. The van der Waals surface area contributed by atoms with E-state index in [2.05, 4.69) is 31.2 Å². The van der Waals surface area contributed by atoms with E-state index >= 15 is 0 Å². The molecule has 0 saturated carbocycles. The Bertz CT molecular complexity index is 814. The molecular weight excluding hydrogens is 411 g/mol. The van der Waals surface area contributed by atoms with Crippen molar-refractivity contribution in [3.63, 3.8) is 0 Å². The fourth-order valence-electron chi connectivity index (χ4n) is 1.49. The van der Waals surface area contributed by atoms with Crippen LogP contribution in [0.4, 0.5) is 24.7 Å². The molecule has 1 aromatic carbocycles. The molecule has 0 aliphatic rings. The van der Waals surface area contributed by atoms with Gasteiger partial charge < -0.3 is 5.32 Å². The number of hydrogen-bond donors (Lipinski definition) is 1. The molecule has 2 aromatic rings. The summed E-state index contributed by atoms with van der Waals surface area (Å²) < 4.78 is 61.6. The molecule has 118 valence electrons. The lowest BCUT2D eigenvalue weighted by molar-refractivity contribution is -0.0435. The number of benzene rings is 1. The number of aromatic nitrogens is 2. The van der Waals surface area contributed by atoms with Crippen molar-refractivity contribution >= 4 is 48.9 Å². The Kier molecular flexibility index (Phi) is 4.64. The summed E-state index contributed by atoms with van der Waals surface area (Å²) in [6.07, 6.45) is 1.28. The second-order valence-electron chi connectivity index (χ2n) is 3.91. The fourth-order valence-corrected chi connectivity index (χ4v) is 2.83. The Morgan fingerprint density at radius 2 is 1.86 bits per heavy atom. The number of alkyl halides is 3. The van der Waals surface area contributed by atoms with Gasteiger partial charge in [0.25, 0.3) is 9.84 Å². The van der Waals surface area contributed by atoms with Crippen LogP contribution >= 0.6 is 27.5 Å². The molecular formula is C11H6BrClF3N3O2S. The van der Waals surface area contributed by atoms with Crippen molar-refractivity contribution < 1.29 is 21.6 Å². The number of hydrogen-bond acceptors (Lipinski definition) is 5. The first kappa shape index (κ1) is 17.0. The Balaban J connectivity index is 2.53. The van der Waals surface area contributed by atoms with E-state index in [1.54, 1.807) is 0 Å². The third-order valence-corrected chi connectivity index (χ3v) is 4.76. The molecule has 1 heterocycles. The second kappa shape index (κ2) is 6.01. The van der Waals surface area contributed by atoms with Crippen LogP contribution in [0.5, 0.6) is 0 Å². The molecule has 0 aliphatic carbocycles. The predicted octanol–water partition coefficient (Wildman–Crippen LogP) is 3.93. The van der Waals surface area contributed by atoms with Crippen molar-refractivity contribution in [2.24, 2.45) is 0 Å². The second-order valence-corrected chi connectivity index (χ2v) is 7.01. The molecule has 0 amide bonds. The summed E-state index contributed by atoms with van der Waals surface area (Å²) in [6.45, 7) is 0. The molecule has 5 nitrogen and oxygen atoms in total. The number of nitrogens with zero attached hydrogens (tertiary/aromatic N) is 2. The number of nitrogens with one attached hydrogen (secondary N) is 1. The van der Waals surface area contributed by atoms with Crippen LogP contribution in [0, 0.1) is 0 Å². The zero-order valence-corrected chi connectivity index (χ0v) is 13.6. The summed E-state index contributed by atoms with van der Waals surface area (Å²) in [6, 6.07) is 4.60. The molecule has 1 aromatic heterocycles. The highest BCUT2D eigenvalue weighted by Crippen LogP contribution is 2.36. The summed E-state index contributed by atoms with van der Waals surface area (Å²) in [5.74, 6) is 0.0322. The van der Waals surface area contributed by atoms with Crippen LogP contribution < -0.4 is 5.32 Å². The molecule has 11 heteroatoms. The Hall–Kier alpha value is -1.39. The van der Waals surface area contributed by atoms with Gasteiger partial charge in [0.15, 0.2) is 0 Å². The van der Waals surface area contributed by atoms with Crippen molar-refractivity contribution in [2.45, 2.75) is 10.4 Å². The maximum Gasteiger partial charge on any atom is 0.501 e. The summed E-state index contributed by atoms with van der Waals surface area (Å²) >= 11 is 8.69. The van der Waals surface area contributed by atoms with Crippen molar-refractivity contribution in [2.75, 3.05) is 5.32 Å². The standard InChI is InChI=1S/C11H6BrClF3N3O2S/c12-6-5-17-10(13)19-9(6)18-7-3-1-2-4-8(7)22(20,21)11(14,15)16/h1-5H,(H,17,18,19). The van der Waals surface area contributed by atoms with E-state index in [1.807, 2.05) is 0 Å². The van der Waals surface area contributed by atoms with Crippen molar-refractivity contribution in [3.8, 4) is 0 Å². The quantitative estimate of drug-likeness (QED) is 0.768. The molecule has 1 N–H and O–H groups in total. The molecule has 2 rings (SSSR count). The highest BCUT2D eigenvalue weighted by molar-refractivity contribution is 9.10. The lowest BCUT2D eigenvalue weighted by Gasteiger charge is -2.14. The van der Waals surface area contributed by atoms with Gasteiger partial charge in [-0.25, -0.2) is 13.4 Å². The first-order chi connectivity index (χ1) is 10.1. The van der Waals surface area contributed by atoms with Gasteiger partial charge >= 0.3 is 5.51 Å². The first-order valence-corrected chi connectivity index (χ1v) is 8.14. The number of sulfone groups is 1. The highest BCUT2D eigenvalue weighted by Gasteiger charge is 2.47. The van der Waals surface area contributed by atoms with Crippen molar-refractivity contribution in [1.29, 1.82) is 0 Å². The maximum atomic E-state index is 12.7. The Labute approximate surface area is 136 Å². The lowest BCUT2D eigenvalue weighted by Crippen LogP contribution is -2.24. The largest absolute Gasteiger partial charge is 0.501 e. The smallest absolute Gasteiger partial charge is 0.338 e. The van der Waals surface area contributed by atoms with E-state index in [1.165, 1.54) is 24.4 Å². The minimum atomic E-state index is -5.50. The third-order valence-electron chi connectivity index (χ3n) is 2.45. The third kappa shape index (κ3) is 3.33. The number of para-hydroxylation sites is 1. The zero-order chi connectivity index (χ0) is 16.5. The summed E-state index contributed by atoms with van der Waals surface area (Å²) in [5, 5.41) is 2.35. The lowest BCUT2D eigenvalue weighted by atomic mass is 10.3. The van der Waals surface area contributed by atoms with Crippen molar-refractivity contribution in [1.82, 2.24) is 9.97 Å². The SMILES string of the molecule is O=S(=O)(c1ccccc1Nc1nc(Cl)ncc1Br)C(F)(F)F. The zero-order valence-electron chi connectivity index (χ0n) is 10.4. The van der Waals surface area contributed by atoms with Crippen LogP contribution in [0.1, 0.15) is 0 Å². The summed E-state index contributed by atoms with van der Waals surface area (Å²) in [7, 11) is -5.50. The molecule has 0 fully saturated rings. The van der Waals surface area contributed by atoms with Gasteiger partial charge in [-0.3, -0.25) is 0 Å². The van der Waals surface area contributed by atoms with Crippen LogP contribution in [-0.4, -0.2) is 23.9 Å². The first-order valence-electron chi connectivity index (χ1n) is 5.48. The van der Waals surface area contributed by atoms with Gasteiger partial charge in [0, 0.05) is 6.20 Å². The van der Waals surface area contributed by atoms with Crippen LogP contribution in [0.25, 0.3) is 0 Å². The van der Waals surface area contributed by atoms with Crippen LogP contribution in [0.2, 0.25) is 5.28 Å².